The normalized spacial score (nSPS) is 25.1. The number of benzene rings is 3. The van der Waals surface area contributed by atoms with Crippen LogP contribution in [0.3, 0.4) is 0 Å². The van der Waals surface area contributed by atoms with E-state index in [1.165, 1.54) is 14.2 Å². The van der Waals surface area contributed by atoms with Gasteiger partial charge in [0.05, 0.1) is 38.9 Å². The van der Waals surface area contributed by atoms with Crippen molar-refractivity contribution in [2.24, 2.45) is 0 Å². The molecule has 1 aliphatic heterocycles. The number of amides is 2. The lowest BCUT2D eigenvalue weighted by atomic mass is 9.71. The first-order valence-electron chi connectivity index (χ1n) is 15.1. The molecule has 1 heterocycles. The van der Waals surface area contributed by atoms with E-state index in [-0.39, 0.29) is 5.56 Å². The van der Waals surface area contributed by atoms with Gasteiger partial charge in [-0.05, 0) is 49.3 Å². The second kappa shape index (κ2) is 12.9. The lowest BCUT2D eigenvalue weighted by Crippen LogP contribution is -2.52. The Bertz CT molecular complexity index is 1430. The van der Waals surface area contributed by atoms with Crippen molar-refractivity contribution in [3.05, 3.63) is 83.4 Å². The third-order valence-corrected chi connectivity index (χ3v) is 9.09. The van der Waals surface area contributed by atoms with Gasteiger partial charge in [-0.1, -0.05) is 56.3 Å². The van der Waals surface area contributed by atoms with E-state index in [2.05, 4.69) is 29.4 Å². The van der Waals surface area contributed by atoms with E-state index in [4.69, 9.17) is 18.9 Å². The van der Waals surface area contributed by atoms with Crippen LogP contribution in [0.5, 0.6) is 23.0 Å². The number of carbonyl (C=O) groups is 1. The minimum absolute atomic E-state index is 0.286. The fraction of sp³-hybridized carbons (Fsp3) is 0.441. The molecule has 10 heteroatoms. The molecular weight excluding hydrogens is 562 g/mol. The minimum atomic E-state index is -2.05. The summed E-state index contributed by atoms with van der Waals surface area (Å²) in [5, 5.41) is 31.2. The summed E-state index contributed by atoms with van der Waals surface area (Å²) < 4.78 is 23.5. The Labute approximate surface area is 258 Å². The van der Waals surface area contributed by atoms with Crippen molar-refractivity contribution >= 4 is 6.03 Å². The summed E-state index contributed by atoms with van der Waals surface area (Å²) in [5.41, 5.74) is -1.98. The second-order valence-electron chi connectivity index (χ2n) is 11.2. The number of hydrogen-bond donors (Lipinski definition) is 4. The Morgan fingerprint density at radius 3 is 2.25 bits per heavy atom. The molecule has 0 saturated heterocycles. The SMILES string of the molecule is CCN(CC)CCCNC(=O)N[C@H]1[C@@H](O)[C@@]2(O)c3c(OC)cc(OC)cc3O[C@@]2(c2ccc(OC)cc2)[C@@H]1c1ccccc1. The summed E-state index contributed by atoms with van der Waals surface area (Å²) in [6.45, 7) is 7.43. The molecule has 236 valence electrons. The Morgan fingerprint density at radius 1 is 0.955 bits per heavy atom. The maximum absolute atomic E-state index is 13.4. The molecule has 44 heavy (non-hydrogen) atoms. The highest BCUT2D eigenvalue weighted by Gasteiger charge is 2.77. The number of rotatable bonds is 12. The molecular formula is C34H43N3O7. The lowest BCUT2D eigenvalue weighted by molar-refractivity contribution is -0.150. The summed E-state index contributed by atoms with van der Waals surface area (Å²) in [6, 6.07) is 18.6. The van der Waals surface area contributed by atoms with Crippen LogP contribution in [0.15, 0.2) is 66.7 Å². The number of aliphatic hydroxyl groups excluding tert-OH is 1. The van der Waals surface area contributed by atoms with Crippen LogP contribution in [-0.2, 0) is 11.2 Å². The van der Waals surface area contributed by atoms with Crippen molar-refractivity contribution in [1.82, 2.24) is 15.5 Å². The number of carbonyl (C=O) groups excluding carboxylic acids is 1. The van der Waals surface area contributed by atoms with Crippen molar-refractivity contribution < 1.29 is 34.0 Å². The van der Waals surface area contributed by atoms with Gasteiger partial charge in [0, 0.05) is 18.7 Å². The van der Waals surface area contributed by atoms with Crippen LogP contribution in [0.1, 0.15) is 42.9 Å². The summed E-state index contributed by atoms with van der Waals surface area (Å²) in [5.74, 6) is 0.973. The van der Waals surface area contributed by atoms with Crippen molar-refractivity contribution in [3.63, 3.8) is 0 Å². The molecule has 1 aliphatic carbocycles. The molecule has 2 amide bonds. The van der Waals surface area contributed by atoms with E-state index >= 15 is 0 Å². The molecule has 1 saturated carbocycles. The standard InChI is InChI=1S/C34H43N3O7/c1-6-37(7-2)19-11-18-35-32(39)36-30-28(22-12-9-8-10-13-22)34(23-14-16-24(41-3)17-15-23)33(40,31(30)38)29-26(43-5)20-25(42-4)21-27(29)44-34/h8-10,12-17,20-21,28,30-31,38,40H,6-7,11,18-19H2,1-5H3,(H2,35,36,39)/t28-,30-,31-,33+,34+/m1/s1. The third-order valence-electron chi connectivity index (χ3n) is 9.09. The molecule has 3 aromatic carbocycles. The number of urea groups is 1. The lowest BCUT2D eigenvalue weighted by Gasteiger charge is -2.40. The smallest absolute Gasteiger partial charge is 0.315 e. The summed E-state index contributed by atoms with van der Waals surface area (Å²) in [6.07, 6.45) is -0.723. The molecule has 2 aliphatic rings. The van der Waals surface area contributed by atoms with Gasteiger partial charge in [0.15, 0.2) is 11.2 Å². The number of hydrogen-bond acceptors (Lipinski definition) is 8. The quantitative estimate of drug-likeness (QED) is 0.231. The number of ether oxygens (including phenoxy) is 4. The number of fused-ring (bicyclic) bond motifs is 3. The van der Waals surface area contributed by atoms with Crippen LogP contribution in [0, 0.1) is 0 Å². The maximum atomic E-state index is 13.4. The largest absolute Gasteiger partial charge is 0.497 e. The first kappa shape index (κ1) is 31.4. The van der Waals surface area contributed by atoms with Crippen molar-refractivity contribution in [2.45, 2.75) is 49.5 Å². The highest BCUT2D eigenvalue weighted by atomic mass is 16.5. The number of methoxy groups -OCH3 is 3. The molecule has 0 bridgehead atoms. The van der Waals surface area contributed by atoms with Crippen LogP contribution in [-0.4, -0.2) is 80.8 Å². The fourth-order valence-corrected chi connectivity index (χ4v) is 6.91. The average Bonchev–Trinajstić information content (AvgIpc) is 3.42. The zero-order valence-corrected chi connectivity index (χ0v) is 26.0. The first-order valence-corrected chi connectivity index (χ1v) is 15.1. The van der Waals surface area contributed by atoms with E-state index in [1.807, 2.05) is 42.5 Å². The van der Waals surface area contributed by atoms with Crippen molar-refractivity contribution in [1.29, 1.82) is 0 Å². The van der Waals surface area contributed by atoms with E-state index in [1.54, 1.807) is 31.4 Å². The second-order valence-corrected chi connectivity index (χ2v) is 11.2. The van der Waals surface area contributed by atoms with Crippen molar-refractivity contribution in [2.75, 3.05) is 47.5 Å². The Balaban J connectivity index is 1.62. The monoisotopic (exact) mass is 605 g/mol. The third kappa shape index (κ3) is 5.10. The predicted octanol–water partition coefficient (Wildman–Crippen LogP) is 3.75. The highest BCUT2D eigenvalue weighted by molar-refractivity contribution is 5.75. The van der Waals surface area contributed by atoms with Gasteiger partial charge in [0.1, 0.15) is 29.1 Å². The number of aliphatic hydroxyl groups is 2. The van der Waals surface area contributed by atoms with Gasteiger partial charge in [-0.3, -0.25) is 0 Å². The van der Waals surface area contributed by atoms with Gasteiger partial charge in [-0.25, -0.2) is 4.79 Å². The average molecular weight is 606 g/mol. The number of nitrogens with zero attached hydrogens (tertiary/aromatic N) is 1. The van der Waals surface area contributed by atoms with Crippen LogP contribution < -0.4 is 29.6 Å². The van der Waals surface area contributed by atoms with Gasteiger partial charge < -0.3 is 44.7 Å². The minimum Gasteiger partial charge on any atom is -0.497 e. The van der Waals surface area contributed by atoms with Gasteiger partial charge in [0.2, 0.25) is 0 Å². The van der Waals surface area contributed by atoms with Gasteiger partial charge in [-0.2, -0.15) is 0 Å². The van der Waals surface area contributed by atoms with Crippen molar-refractivity contribution in [3.8, 4) is 23.0 Å². The Hall–Kier alpha value is -3.99. The van der Waals surface area contributed by atoms with Crippen LogP contribution >= 0.6 is 0 Å². The molecule has 4 N–H and O–H groups in total. The van der Waals surface area contributed by atoms with Gasteiger partial charge in [-0.15, -0.1) is 0 Å². The molecule has 0 radical (unpaired) electrons. The van der Waals surface area contributed by atoms with Gasteiger partial charge in [0.25, 0.3) is 0 Å². The molecule has 1 fully saturated rings. The first-order chi connectivity index (χ1) is 21.3. The molecule has 0 spiro atoms. The van der Waals surface area contributed by atoms with Crippen LogP contribution in [0.4, 0.5) is 4.79 Å². The summed E-state index contributed by atoms with van der Waals surface area (Å²) >= 11 is 0. The molecule has 3 aromatic rings. The molecule has 5 atom stereocenters. The Kier molecular flexibility index (Phi) is 9.24. The summed E-state index contributed by atoms with van der Waals surface area (Å²) in [7, 11) is 4.60. The van der Waals surface area contributed by atoms with E-state index in [0.29, 0.717) is 35.1 Å². The molecule has 10 nitrogen and oxygen atoms in total. The number of nitrogens with one attached hydrogen (secondary N) is 2. The van der Waals surface area contributed by atoms with Gasteiger partial charge >= 0.3 is 6.03 Å². The van der Waals surface area contributed by atoms with E-state index in [9.17, 15) is 15.0 Å². The van der Waals surface area contributed by atoms with E-state index < -0.39 is 35.3 Å². The van der Waals surface area contributed by atoms with Crippen LogP contribution in [0.2, 0.25) is 0 Å². The van der Waals surface area contributed by atoms with E-state index in [0.717, 1.165) is 31.6 Å². The highest BCUT2D eigenvalue weighted by Crippen LogP contribution is 2.68. The summed E-state index contributed by atoms with van der Waals surface area (Å²) in [4.78, 5) is 15.7. The maximum Gasteiger partial charge on any atom is 0.315 e. The zero-order chi connectivity index (χ0) is 31.5. The predicted molar refractivity (Wildman–Crippen MR) is 167 cm³/mol. The molecule has 5 rings (SSSR count). The molecule has 0 aromatic heterocycles. The topological polar surface area (TPSA) is 122 Å². The zero-order valence-electron chi connectivity index (χ0n) is 26.0. The Morgan fingerprint density at radius 2 is 1.64 bits per heavy atom. The molecule has 0 unspecified atom stereocenters. The van der Waals surface area contributed by atoms with Crippen LogP contribution in [0.25, 0.3) is 0 Å². The fourth-order valence-electron chi connectivity index (χ4n) is 6.91.